The molecule has 2 atom stereocenters. The normalized spacial score (nSPS) is 19.4. The molecule has 1 amide bonds. The fourth-order valence-electron chi connectivity index (χ4n) is 3.97. The first-order valence-electron chi connectivity index (χ1n) is 10.6. The number of hydrogen-bond donors (Lipinski definition) is 1. The number of rotatable bonds is 8. The highest BCUT2D eigenvalue weighted by molar-refractivity contribution is 7.13. The highest BCUT2D eigenvalue weighted by atomic mass is 32.1. The smallest absolute Gasteiger partial charge is 0.221 e. The number of thiophene rings is 1. The summed E-state index contributed by atoms with van der Waals surface area (Å²) in [5.74, 6) is 0.0609. The highest BCUT2D eigenvalue weighted by Crippen LogP contribution is 2.33. The lowest BCUT2D eigenvalue weighted by Crippen LogP contribution is -2.46. The van der Waals surface area contributed by atoms with E-state index in [-0.39, 0.29) is 18.1 Å². The van der Waals surface area contributed by atoms with Gasteiger partial charge in [-0.3, -0.25) is 24.3 Å². The Balaban J connectivity index is 1.34. The third-order valence-electron chi connectivity index (χ3n) is 5.23. The average Bonchev–Trinajstić information content (AvgIpc) is 3.42. The van der Waals surface area contributed by atoms with Crippen molar-refractivity contribution in [1.29, 1.82) is 0 Å². The van der Waals surface area contributed by atoms with Gasteiger partial charge in [0, 0.05) is 50.6 Å². The summed E-state index contributed by atoms with van der Waals surface area (Å²) in [6.07, 6.45) is 7.82. The number of carbonyl (C=O) groups is 1. The lowest BCUT2D eigenvalue weighted by atomic mass is 10.1. The first-order chi connectivity index (χ1) is 15.1. The van der Waals surface area contributed by atoms with E-state index >= 15 is 0 Å². The van der Waals surface area contributed by atoms with Crippen molar-refractivity contribution in [2.75, 3.05) is 26.2 Å². The van der Waals surface area contributed by atoms with Gasteiger partial charge in [0.1, 0.15) is 0 Å². The SMILES string of the molecule is C[C@H]1CN(CCC(=O)NCCn2ncc(-c3cnccn3)c2-c2cccs2)C[C@H](C)O1. The Morgan fingerprint density at radius 2 is 2.06 bits per heavy atom. The molecule has 0 radical (unpaired) electrons. The van der Waals surface area contributed by atoms with Crippen molar-refractivity contribution in [2.45, 2.75) is 39.0 Å². The van der Waals surface area contributed by atoms with E-state index in [0.29, 0.717) is 19.5 Å². The molecule has 1 aliphatic rings. The van der Waals surface area contributed by atoms with E-state index < -0.39 is 0 Å². The molecule has 9 heteroatoms. The van der Waals surface area contributed by atoms with Crippen LogP contribution in [0.25, 0.3) is 21.8 Å². The van der Waals surface area contributed by atoms with Crippen molar-refractivity contribution in [3.05, 3.63) is 42.3 Å². The highest BCUT2D eigenvalue weighted by Gasteiger charge is 2.22. The quantitative estimate of drug-likeness (QED) is 0.580. The minimum atomic E-state index is 0.0609. The number of morpholine rings is 1. The maximum atomic E-state index is 12.4. The van der Waals surface area contributed by atoms with Crippen LogP contribution in [-0.2, 0) is 16.1 Å². The number of nitrogens with zero attached hydrogens (tertiary/aromatic N) is 5. The maximum absolute atomic E-state index is 12.4. The van der Waals surface area contributed by atoms with Crippen LogP contribution in [0.3, 0.4) is 0 Å². The predicted molar refractivity (Wildman–Crippen MR) is 121 cm³/mol. The van der Waals surface area contributed by atoms with E-state index in [9.17, 15) is 4.79 Å². The van der Waals surface area contributed by atoms with Gasteiger partial charge in [-0.1, -0.05) is 6.07 Å². The van der Waals surface area contributed by atoms with Crippen LogP contribution in [0.4, 0.5) is 0 Å². The summed E-state index contributed by atoms with van der Waals surface area (Å²) in [6, 6.07) is 4.09. The van der Waals surface area contributed by atoms with Gasteiger partial charge in [-0.25, -0.2) is 0 Å². The van der Waals surface area contributed by atoms with E-state index in [2.05, 4.69) is 45.2 Å². The van der Waals surface area contributed by atoms with E-state index in [1.54, 1.807) is 29.9 Å². The standard InChI is InChI=1S/C22H28N6O2S/c1-16-14-27(15-17(2)30-16)9-5-21(29)25-8-10-28-22(20-4-3-11-31-20)18(12-26-28)19-13-23-6-7-24-19/h3-4,6-7,11-13,16-17H,5,8-10,14-15H2,1-2H3,(H,25,29)/t16-,17-/m0/s1. The number of nitrogens with one attached hydrogen (secondary N) is 1. The first-order valence-corrected chi connectivity index (χ1v) is 11.5. The maximum Gasteiger partial charge on any atom is 0.221 e. The summed E-state index contributed by atoms with van der Waals surface area (Å²) in [5.41, 5.74) is 2.73. The topological polar surface area (TPSA) is 85.2 Å². The molecule has 8 nitrogen and oxygen atoms in total. The van der Waals surface area contributed by atoms with Crippen LogP contribution in [0.15, 0.2) is 42.3 Å². The van der Waals surface area contributed by atoms with Crippen LogP contribution >= 0.6 is 11.3 Å². The summed E-state index contributed by atoms with van der Waals surface area (Å²) in [6.45, 7) is 7.77. The Hall–Kier alpha value is -2.62. The number of ether oxygens (including phenoxy) is 1. The lowest BCUT2D eigenvalue weighted by Gasteiger charge is -2.35. The molecule has 4 heterocycles. The molecule has 1 fully saturated rings. The molecule has 0 aromatic carbocycles. The molecular formula is C22H28N6O2S. The van der Waals surface area contributed by atoms with Gasteiger partial charge in [-0.05, 0) is 25.3 Å². The molecule has 164 valence electrons. The second-order valence-electron chi connectivity index (χ2n) is 7.81. The van der Waals surface area contributed by atoms with Crippen LogP contribution in [0, 0.1) is 0 Å². The molecule has 3 aromatic rings. The number of carbonyl (C=O) groups excluding carboxylic acids is 1. The summed E-state index contributed by atoms with van der Waals surface area (Å²) < 4.78 is 7.69. The third kappa shape index (κ3) is 5.55. The fourth-order valence-corrected chi connectivity index (χ4v) is 4.76. The predicted octanol–water partition coefficient (Wildman–Crippen LogP) is 2.68. The molecule has 3 aromatic heterocycles. The van der Waals surface area contributed by atoms with Gasteiger partial charge in [0.05, 0.1) is 47.4 Å². The van der Waals surface area contributed by atoms with Gasteiger partial charge in [0.15, 0.2) is 0 Å². The molecule has 4 rings (SSSR count). The molecule has 1 aliphatic heterocycles. The number of hydrogen-bond acceptors (Lipinski definition) is 7. The molecule has 0 spiro atoms. The van der Waals surface area contributed by atoms with Crippen molar-refractivity contribution in [2.24, 2.45) is 0 Å². The summed E-state index contributed by atoms with van der Waals surface area (Å²) >= 11 is 1.66. The first kappa shape index (κ1) is 21.6. The van der Waals surface area contributed by atoms with Crippen LogP contribution < -0.4 is 5.32 Å². The molecule has 0 bridgehead atoms. The van der Waals surface area contributed by atoms with E-state index in [4.69, 9.17) is 4.74 Å². The Kier molecular flexibility index (Phi) is 7.06. The fraction of sp³-hybridized carbons (Fsp3) is 0.455. The van der Waals surface area contributed by atoms with Gasteiger partial charge in [-0.2, -0.15) is 5.10 Å². The monoisotopic (exact) mass is 440 g/mol. The van der Waals surface area contributed by atoms with Crippen LogP contribution in [0.5, 0.6) is 0 Å². The molecule has 0 saturated carbocycles. The van der Waals surface area contributed by atoms with E-state index in [0.717, 1.165) is 41.5 Å². The molecular weight excluding hydrogens is 412 g/mol. The summed E-state index contributed by atoms with van der Waals surface area (Å²) in [4.78, 5) is 24.4. The van der Waals surface area contributed by atoms with Gasteiger partial charge < -0.3 is 10.1 Å². The zero-order valence-electron chi connectivity index (χ0n) is 17.9. The van der Waals surface area contributed by atoms with Crippen molar-refractivity contribution < 1.29 is 9.53 Å². The minimum Gasteiger partial charge on any atom is -0.373 e. The van der Waals surface area contributed by atoms with Crippen LogP contribution in [-0.4, -0.2) is 68.9 Å². The Labute approximate surface area is 186 Å². The van der Waals surface area contributed by atoms with Crippen LogP contribution in [0.2, 0.25) is 0 Å². The second kappa shape index (κ2) is 10.1. The number of amides is 1. The summed E-state index contributed by atoms with van der Waals surface area (Å²) in [5, 5.41) is 9.64. The minimum absolute atomic E-state index is 0.0609. The lowest BCUT2D eigenvalue weighted by molar-refractivity contribution is -0.122. The largest absolute Gasteiger partial charge is 0.373 e. The number of aromatic nitrogens is 4. The van der Waals surface area contributed by atoms with Gasteiger partial charge >= 0.3 is 0 Å². The average molecular weight is 441 g/mol. The second-order valence-corrected chi connectivity index (χ2v) is 8.76. The Morgan fingerprint density at radius 3 is 2.77 bits per heavy atom. The molecule has 1 saturated heterocycles. The van der Waals surface area contributed by atoms with Crippen molar-refractivity contribution >= 4 is 17.2 Å². The van der Waals surface area contributed by atoms with E-state index in [1.807, 2.05) is 22.3 Å². The third-order valence-corrected chi connectivity index (χ3v) is 6.11. The van der Waals surface area contributed by atoms with E-state index in [1.165, 1.54) is 0 Å². The molecule has 0 unspecified atom stereocenters. The van der Waals surface area contributed by atoms with Gasteiger partial charge in [0.25, 0.3) is 0 Å². The molecule has 0 aliphatic carbocycles. The zero-order chi connectivity index (χ0) is 21.6. The van der Waals surface area contributed by atoms with Crippen molar-refractivity contribution in [3.63, 3.8) is 0 Å². The summed E-state index contributed by atoms with van der Waals surface area (Å²) in [7, 11) is 0. The zero-order valence-corrected chi connectivity index (χ0v) is 18.7. The molecule has 31 heavy (non-hydrogen) atoms. The Morgan fingerprint density at radius 1 is 1.23 bits per heavy atom. The van der Waals surface area contributed by atoms with Gasteiger partial charge in [0.2, 0.25) is 5.91 Å². The van der Waals surface area contributed by atoms with Crippen molar-refractivity contribution in [3.8, 4) is 21.8 Å². The van der Waals surface area contributed by atoms with Crippen molar-refractivity contribution in [1.82, 2.24) is 30.0 Å². The Bertz CT molecular complexity index is 965. The molecule has 1 N–H and O–H groups in total. The van der Waals surface area contributed by atoms with Gasteiger partial charge in [-0.15, -0.1) is 11.3 Å². The van der Waals surface area contributed by atoms with Crippen LogP contribution in [0.1, 0.15) is 20.3 Å².